The lowest BCUT2D eigenvalue weighted by atomic mass is 9.98. The molecule has 0 heterocycles. The second kappa shape index (κ2) is 5.31. The summed E-state index contributed by atoms with van der Waals surface area (Å²) in [6, 6.07) is 9.02. The zero-order valence-electron chi connectivity index (χ0n) is 11.9. The fraction of sp³-hybridized carbons (Fsp3) is 0.625. The van der Waals surface area contributed by atoms with Crippen molar-refractivity contribution >= 4 is 5.69 Å². The minimum atomic E-state index is 0.407. The van der Waals surface area contributed by atoms with Gasteiger partial charge in [0, 0.05) is 24.7 Å². The van der Waals surface area contributed by atoms with Crippen LogP contribution in [-0.2, 0) is 0 Å². The summed E-state index contributed by atoms with van der Waals surface area (Å²) in [4.78, 5) is 2.35. The van der Waals surface area contributed by atoms with Gasteiger partial charge in [-0.2, -0.15) is 0 Å². The maximum atomic E-state index is 5.85. The molecule has 2 heteroatoms. The minimum absolute atomic E-state index is 0.407. The maximum Gasteiger partial charge on any atom is 0.0363 e. The fourth-order valence-corrected chi connectivity index (χ4v) is 2.49. The third-order valence-corrected chi connectivity index (χ3v) is 4.48. The van der Waals surface area contributed by atoms with Crippen LogP contribution >= 0.6 is 0 Å². The van der Waals surface area contributed by atoms with Crippen molar-refractivity contribution in [1.29, 1.82) is 0 Å². The minimum Gasteiger partial charge on any atom is -0.374 e. The number of nitrogens with two attached hydrogens (primary N) is 1. The zero-order valence-corrected chi connectivity index (χ0v) is 11.9. The highest BCUT2D eigenvalue weighted by Gasteiger charge is 2.41. The van der Waals surface area contributed by atoms with Gasteiger partial charge >= 0.3 is 0 Å². The van der Waals surface area contributed by atoms with E-state index in [0.29, 0.717) is 11.3 Å². The second-order valence-electron chi connectivity index (χ2n) is 5.96. The molecule has 1 fully saturated rings. The van der Waals surface area contributed by atoms with Crippen LogP contribution in [0.1, 0.15) is 44.6 Å². The molecule has 0 aliphatic heterocycles. The van der Waals surface area contributed by atoms with Crippen molar-refractivity contribution in [2.45, 2.75) is 39.0 Å². The highest BCUT2D eigenvalue weighted by Crippen LogP contribution is 2.45. The Labute approximate surface area is 111 Å². The molecule has 100 valence electrons. The molecule has 2 N–H and O–H groups in total. The molecule has 0 radical (unpaired) electrons. The Kier molecular flexibility index (Phi) is 3.96. The van der Waals surface area contributed by atoms with Gasteiger partial charge in [-0.15, -0.1) is 0 Å². The molecule has 18 heavy (non-hydrogen) atoms. The van der Waals surface area contributed by atoms with E-state index in [1.54, 1.807) is 0 Å². The first kappa shape index (κ1) is 13.4. The highest BCUT2D eigenvalue weighted by molar-refractivity contribution is 5.47. The predicted octanol–water partition coefficient (Wildman–Crippen LogP) is 3.38. The van der Waals surface area contributed by atoms with Gasteiger partial charge < -0.3 is 10.6 Å². The van der Waals surface area contributed by atoms with Crippen molar-refractivity contribution in [3.63, 3.8) is 0 Å². The topological polar surface area (TPSA) is 29.3 Å². The number of rotatable bonds is 6. The number of anilines is 1. The van der Waals surface area contributed by atoms with Crippen LogP contribution in [0.4, 0.5) is 5.69 Å². The van der Waals surface area contributed by atoms with Crippen molar-refractivity contribution in [2.75, 3.05) is 25.0 Å². The molecular weight excluding hydrogens is 220 g/mol. The number of hydrogen-bond donors (Lipinski definition) is 1. The fourth-order valence-electron chi connectivity index (χ4n) is 2.49. The maximum absolute atomic E-state index is 5.85. The van der Waals surface area contributed by atoms with Crippen molar-refractivity contribution < 1.29 is 0 Å². The Hall–Kier alpha value is -1.02. The molecule has 1 aromatic carbocycles. The van der Waals surface area contributed by atoms with Gasteiger partial charge in [-0.1, -0.05) is 26.0 Å². The first-order valence-corrected chi connectivity index (χ1v) is 7.11. The Bertz CT molecular complexity index is 379. The van der Waals surface area contributed by atoms with E-state index < -0.39 is 0 Å². The van der Waals surface area contributed by atoms with E-state index in [-0.39, 0.29) is 0 Å². The lowest BCUT2D eigenvalue weighted by Gasteiger charge is -2.25. The lowest BCUT2D eigenvalue weighted by Crippen LogP contribution is -2.31. The monoisotopic (exact) mass is 246 g/mol. The summed E-state index contributed by atoms with van der Waals surface area (Å²) in [5.41, 5.74) is 9.00. The van der Waals surface area contributed by atoms with Crippen LogP contribution in [0.15, 0.2) is 24.3 Å². The van der Waals surface area contributed by atoms with E-state index in [0.717, 1.165) is 13.1 Å². The summed E-state index contributed by atoms with van der Waals surface area (Å²) in [7, 11) is 2.17. The van der Waals surface area contributed by atoms with Gasteiger partial charge in [-0.3, -0.25) is 0 Å². The third kappa shape index (κ3) is 2.86. The summed E-state index contributed by atoms with van der Waals surface area (Å²) < 4.78 is 0. The van der Waals surface area contributed by atoms with Gasteiger partial charge in [0.05, 0.1) is 0 Å². The van der Waals surface area contributed by atoms with Gasteiger partial charge in [0.1, 0.15) is 0 Å². The van der Waals surface area contributed by atoms with E-state index in [2.05, 4.69) is 50.1 Å². The Morgan fingerprint density at radius 3 is 2.33 bits per heavy atom. The molecule has 1 saturated carbocycles. The average Bonchev–Trinajstić information content (AvgIpc) is 3.18. The third-order valence-electron chi connectivity index (χ3n) is 4.48. The summed E-state index contributed by atoms with van der Waals surface area (Å²) in [6.07, 6.45) is 3.78. The van der Waals surface area contributed by atoms with Crippen LogP contribution in [0.25, 0.3) is 0 Å². The molecule has 1 aliphatic rings. The number of nitrogens with zero attached hydrogens (tertiary/aromatic N) is 1. The van der Waals surface area contributed by atoms with E-state index in [9.17, 15) is 0 Å². The SMILES string of the molecule is CCC(C)c1ccc(N(C)CC2(CN)CC2)cc1. The van der Waals surface area contributed by atoms with Gasteiger partial charge in [-0.05, 0) is 49.4 Å². The van der Waals surface area contributed by atoms with Crippen LogP contribution < -0.4 is 10.6 Å². The molecule has 2 rings (SSSR count). The van der Waals surface area contributed by atoms with Crippen LogP contribution in [0, 0.1) is 5.41 Å². The summed E-state index contributed by atoms with van der Waals surface area (Å²) >= 11 is 0. The largest absolute Gasteiger partial charge is 0.374 e. The van der Waals surface area contributed by atoms with E-state index in [1.165, 1.54) is 30.5 Å². The molecule has 0 saturated heterocycles. The summed E-state index contributed by atoms with van der Waals surface area (Å²) in [6.45, 7) is 6.43. The molecule has 0 spiro atoms. The highest BCUT2D eigenvalue weighted by atomic mass is 15.1. The van der Waals surface area contributed by atoms with Gasteiger partial charge in [0.25, 0.3) is 0 Å². The van der Waals surface area contributed by atoms with Gasteiger partial charge in [0.2, 0.25) is 0 Å². The number of benzene rings is 1. The molecule has 2 nitrogen and oxygen atoms in total. The summed E-state index contributed by atoms with van der Waals surface area (Å²) in [5, 5.41) is 0. The number of hydrogen-bond acceptors (Lipinski definition) is 2. The van der Waals surface area contributed by atoms with E-state index in [4.69, 9.17) is 5.73 Å². The normalized spacial score (nSPS) is 18.4. The van der Waals surface area contributed by atoms with Gasteiger partial charge in [0.15, 0.2) is 0 Å². The molecule has 1 atom stereocenters. The van der Waals surface area contributed by atoms with Crippen molar-refractivity contribution in [1.82, 2.24) is 0 Å². The Morgan fingerprint density at radius 2 is 1.89 bits per heavy atom. The second-order valence-corrected chi connectivity index (χ2v) is 5.96. The molecule has 1 unspecified atom stereocenters. The standard InChI is InChI=1S/C16H26N2/c1-4-13(2)14-5-7-15(8-6-14)18(3)12-16(11-17)9-10-16/h5-8,13H,4,9-12,17H2,1-3H3. The smallest absolute Gasteiger partial charge is 0.0363 e. The van der Waals surface area contributed by atoms with Gasteiger partial charge in [-0.25, -0.2) is 0 Å². The quantitative estimate of drug-likeness (QED) is 0.834. The van der Waals surface area contributed by atoms with Crippen LogP contribution in [0.3, 0.4) is 0 Å². The lowest BCUT2D eigenvalue weighted by molar-refractivity contribution is 0.523. The Balaban J connectivity index is 2.00. The van der Waals surface area contributed by atoms with E-state index in [1.807, 2.05) is 0 Å². The Morgan fingerprint density at radius 1 is 1.28 bits per heavy atom. The van der Waals surface area contributed by atoms with Crippen LogP contribution in [0.5, 0.6) is 0 Å². The van der Waals surface area contributed by atoms with Crippen molar-refractivity contribution in [2.24, 2.45) is 11.1 Å². The molecule has 0 amide bonds. The zero-order chi connectivity index (χ0) is 13.2. The van der Waals surface area contributed by atoms with E-state index >= 15 is 0 Å². The summed E-state index contributed by atoms with van der Waals surface area (Å²) in [5.74, 6) is 0.656. The first-order valence-electron chi connectivity index (χ1n) is 7.11. The van der Waals surface area contributed by atoms with Crippen molar-refractivity contribution in [3.05, 3.63) is 29.8 Å². The molecule has 1 aromatic rings. The average molecular weight is 246 g/mol. The molecule has 1 aliphatic carbocycles. The predicted molar refractivity (Wildman–Crippen MR) is 79.1 cm³/mol. The molecule has 0 aromatic heterocycles. The van der Waals surface area contributed by atoms with Crippen LogP contribution in [-0.4, -0.2) is 20.1 Å². The van der Waals surface area contributed by atoms with Crippen molar-refractivity contribution in [3.8, 4) is 0 Å². The van der Waals surface area contributed by atoms with Crippen LogP contribution in [0.2, 0.25) is 0 Å². The first-order chi connectivity index (χ1) is 8.60. The molecular formula is C16H26N2. The molecule has 0 bridgehead atoms.